The zero-order chi connectivity index (χ0) is 12.1. The maximum Gasteiger partial charge on any atom is 0.169 e. The first kappa shape index (κ1) is 13.1. The summed E-state index contributed by atoms with van der Waals surface area (Å²) in [6.45, 7) is 3.08. The van der Waals surface area contributed by atoms with Gasteiger partial charge in [-0.15, -0.1) is 0 Å². The zero-order valence-corrected chi connectivity index (χ0v) is 11.6. The second-order valence-corrected chi connectivity index (χ2v) is 5.70. The van der Waals surface area contributed by atoms with Crippen molar-refractivity contribution in [1.29, 1.82) is 0 Å². The van der Waals surface area contributed by atoms with Crippen molar-refractivity contribution in [2.75, 3.05) is 26.8 Å². The Kier molecular flexibility index (Phi) is 5.04. The van der Waals surface area contributed by atoms with Crippen LogP contribution in [-0.4, -0.2) is 42.9 Å². The first-order valence-corrected chi connectivity index (χ1v) is 7.25. The summed E-state index contributed by atoms with van der Waals surface area (Å²) >= 11 is 5.50. The predicted octanol–water partition coefficient (Wildman–Crippen LogP) is 2.16. The quantitative estimate of drug-likeness (QED) is 0.782. The SMILES string of the molecule is COCC1CCN(C(=S)NC2CCCC2)CC1. The molecule has 0 aromatic heterocycles. The van der Waals surface area contributed by atoms with Crippen LogP contribution >= 0.6 is 12.2 Å². The summed E-state index contributed by atoms with van der Waals surface area (Å²) in [6, 6.07) is 0.638. The van der Waals surface area contributed by atoms with Gasteiger partial charge in [0.1, 0.15) is 0 Å². The van der Waals surface area contributed by atoms with Crippen molar-refractivity contribution in [3.63, 3.8) is 0 Å². The van der Waals surface area contributed by atoms with Crippen LogP contribution in [0.2, 0.25) is 0 Å². The minimum Gasteiger partial charge on any atom is -0.384 e. The van der Waals surface area contributed by atoms with Gasteiger partial charge in [-0.2, -0.15) is 0 Å². The number of methoxy groups -OCH3 is 1. The lowest BCUT2D eigenvalue weighted by atomic mass is 9.98. The van der Waals surface area contributed by atoms with Gasteiger partial charge in [0, 0.05) is 32.8 Å². The van der Waals surface area contributed by atoms with E-state index in [1.54, 1.807) is 7.11 Å². The molecule has 0 aromatic carbocycles. The van der Waals surface area contributed by atoms with E-state index >= 15 is 0 Å². The van der Waals surface area contributed by atoms with Crippen LogP contribution < -0.4 is 5.32 Å². The minimum atomic E-state index is 0.638. The van der Waals surface area contributed by atoms with Gasteiger partial charge in [-0.1, -0.05) is 12.8 Å². The highest BCUT2D eigenvalue weighted by Gasteiger charge is 2.23. The third-order valence-corrected chi connectivity index (χ3v) is 4.36. The van der Waals surface area contributed by atoms with Crippen molar-refractivity contribution in [3.8, 4) is 0 Å². The number of likely N-dealkylation sites (tertiary alicyclic amines) is 1. The standard InChI is InChI=1S/C13H24N2OS/c1-16-10-11-6-8-15(9-7-11)13(17)14-12-4-2-3-5-12/h11-12H,2-10H2,1H3,(H,14,17). The normalized spacial score (nSPS) is 23.0. The number of rotatable bonds is 3. The van der Waals surface area contributed by atoms with Crippen LogP contribution in [-0.2, 0) is 4.74 Å². The van der Waals surface area contributed by atoms with Crippen molar-refractivity contribution in [3.05, 3.63) is 0 Å². The fourth-order valence-corrected chi connectivity index (χ4v) is 3.22. The monoisotopic (exact) mass is 256 g/mol. The van der Waals surface area contributed by atoms with Crippen molar-refractivity contribution >= 4 is 17.3 Å². The summed E-state index contributed by atoms with van der Waals surface area (Å²) < 4.78 is 5.22. The van der Waals surface area contributed by atoms with Crippen LogP contribution in [0.15, 0.2) is 0 Å². The number of nitrogens with zero attached hydrogens (tertiary/aromatic N) is 1. The Hall–Kier alpha value is -0.350. The van der Waals surface area contributed by atoms with Gasteiger partial charge in [0.2, 0.25) is 0 Å². The third-order valence-electron chi connectivity index (χ3n) is 3.99. The van der Waals surface area contributed by atoms with Gasteiger partial charge >= 0.3 is 0 Å². The highest BCUT2D eigenvalue weighted by Crippen LogP contribution is 2.20. The zero-order valence-electron chi connectivity index (χ0n) is 10.8. The summed E-state index contributed by atoms with van der Waals surface area (Å²) in [6.07, 6.45) is 7.72. The van der Waals surface area contributed by atoms with Crippen LogP contribution in [0.3, 0.4) is 0 Å². The average Bonchev–Trinajstić information content (AvgIpc) is 2.83. The largest absolute Gasteiger partial charge is 0.384 e. The molecule has 0 radical (unpaired) electrons. The van der Waals surface area contributed by atoms with Gasteiger partial charge in [0.05, 0.1) is 0 Å². The lowest BCUT2D eigenvalue weighted by Gasteiger charge is -2.34. The van der Waals surface area contributed by atoms with Crippen molar-refractivity contribution in [2.45, 2.75) is 44.6 Å². The van der Waals surface area contributed by atoms with E-state index in [0.717, 1.165) is 30.7 Å². The molecule has 0 bridgehead atoms. The topological polar surface area (TPSA) is 24.5 Å². The van der Waals surface area contributed by atoms with E-state index in [4.69, 9.17) is 17.0 Å². The third kappa shape index (κ3) is 3.81. The molecule has 2 fully saturated rings. The molecule has 0 atom stereocenters. The Morgan fingerprint density at radius 2 is 1.88 bits per heavy atom. The van der Waals surface area contributed by atoms with Crippen LogP contribution in [0.4, 0.5) is 0 Å². The summed E-state index contributed by atoms with van der Waals surface area (Å²) in [5.74, 6) is 0.727. The van der Waals surface area contributed by atoms with E-state index in [1.807, 2.05) is 0 Å². The highest BCUT2D eigenvalue weighted by molar-refractivity contribution is 7.80. The molecule has 4 heteroatoms. The molecule has 1 N–H and O–H groups in total. The molecule has 2 aliphatic rings. The lowest BCUT2D eigenvalue weighted by molar-refractivity contribution is 0.118. The Morgan fingerprint density at radius 3 is 2.47 bits per heavy atom. The Morgan fingerprint density at radius 1 is 1.24 bits per heavy atom. The number of hydrogen-bond acceptors (Lipinski definition) is 2. The van der Waals surface area contributed by atoms with Gasteiger partial charge in [-0.05, 0) is 43.8 Å². The van der Waals surface area contributed by atoms with E-state index in [1.165, 1.54) is 38.5 Å². The molecule has 3 nitrogen and oxygen atoms in total. The molecule has 17 heavy (non-hydrogen) atoms. The molecule has 0 aromatic rings. The van der Waals surface area contributed by atoms with Crippen molar-refractivity contribution in [1.82, 2.24) is 10.2 Å². The van der Waals surface area contributed by atoms with Gasteiger partial charge in [0.25, 0.3) is 0 Å². The highest BCUT2D eigenvalue weighted by atomic mass is 32.1. The fourth-order valence-electron chi connectivity index (χ4n) is 2.87. The van der Waals surface area contributed by atoms with Gasteiger partial charge in [-0.3, -0.25) is 0 Å². The molecule has 2 rings (SSSR count). The number of thiocarbonyl (C=S) groups is 1. The summed E-state index contributed by atoms with van der Waals surface area (Å²) in [5, 5.41) is 4.50. The second kappa shape index (κ2) is 6.55. The first-order chi connectivity index (χ1) is 8.29. The van der Waals surface area contributed by atoms with Gasteiger partial charge in [0.15, 0.2) is 5.11 Å². The molecular weight excluding hydrogens is 232 g/mol. The minimum absolute atomic E-state index is 0.638. The molecule has 1 aliphatic carbocycles. The smallest absolute Gasteiger partial charge is 0.169 e. The van der Waals surface area contributed by atoms with Crippen molar-refractivity contribution < 1.29 is 4.74 Å². The van der Waals surface area contributed by atoms with Crippen LogP contribution in [0.5, 0.6) is 0 Å². The summed E-state index contributed by atoms with van der Waals surface area (Å²) in [5.41, 5.74) is 0. The Bertz CT molecular complexity index is 246. The Balaban J connectivity index is 1.70. The number of ether oxygens (including phenoxy) is 1. The maximum absolute atomic E-state index is 5.50. The Labute approximate surface area is 110 Å². The molecule has 98 valence electrons. The summed E-state index contributed by atoms with van der Waals surface area (Å²) in [4.78, 5) is 2.33. The maximum atomic E-state index is 5.50. The predicted molar refractivity (Wildman–Crippen MR) is 74.2 cm³/mol. The molecular formula is C13H24N2OS. The summed E-state index contributed by atoms with van der Waals surface area (Å²) in [7, 11) is 1.79. The van der Waals surface area contributed by atoms with E-state index in [-0.39, 0.29) is 0 Å². The molecule has 0 amide bonds. The molecule has 0 unspecified atom stereocenters. The molecule has 1 saturated carbocycles. The van der Waals surface area contributed by atoms with E-state index < -0.39 is 0 Å². The molecule has 1 saturated heterocycles. The molecule has 0 spiro atoms. The number of nitrogens with one attached hydrogen (secondary N) is 1. The fraction of sp³-hybridized carbons (Fsp3) is 0.923. The van der Waals surface area contributed by atoms with Crippen LogP contribution in [0, 0.1) is 5.92 Å². The van der Waals surface area contributed by atoms with E-state index in [2.05, 4.69) is 10.2 Å². The van der Waals surface area contributed by atoms with E-state index in [9.17, 15) is 0 Å². The average molecular weight is 256 g/mol. The first-order valence-electron chi connectivity index (χ1n) is 6.84. The number of hydrogen-bond donors (Lipinski definition) is 1. The van der Waals surface area contributed by atoms with Gasteiger partial charge in [-0.25, -0.2) is 0 Å². The van der Waals surface area contributed by atoms with Crippen LogP contribution in [0.25, 0.3) is 0 Å². The van der Waals surface area contributed by atoms with E-state index in [0.29, 0.717) is 6.04 Å². The second-order valence-electron chi connectivity index (χ2n) is 5.32. The van der Waals surface area contributed by atoms with Gasteiger partial charge < -0.3 is 15.0 Å². The molecule has 1 aliphatic heterocycles. The number of piperidine rings is 1. The van der Waals surface area contributed by atoms with Crippen molar-refractivity contribution in [2.24, 2.45) is 5.92 Å². The lowest BCUT2D eigenvalue weighted by Crippen LogP contribution is -2.47. The molecule has 1 heterocycles. The van der Waals surface area contributed by atoms with Crippen LogP contribution in [0.1, 0.15) is 38.5 Å².